The van der Waals surface area contributed by atoms with E-state index in [2.05, 4.69) is 24.5 Å². The van der Waals surface area contributed by atoms with Crippen LogP contribution in [0.2, 0.25) is 0 Å². The molecule has 0 aromatic rings. The van der Waals surface area contributed by atoms with Crippen LogP contribution < -0.4 is 10.6 Å². The van der Waals surface area contributed by atoms with E-state index >= 15 is 0 Å². The van der Waals surface area contributed by atoms with Crippen molar-refractivity contribution in [2.75, 3.05) is 13.1 Å². The third kappa shape index (κ3) is 2.97. The standard InChI is InChI=1S/C13H24N2O/c1-3-10-4-7-14-11(8-10)12(16)15-9-13(2)5-6-13/h10-11,14H,3-9H2,1-2H3,(H,15,16). The fraction of sp³-hybridized carbons (Fsp3) is 0.923. The van der Waals surface area contributed by atoms with Crippen LogP contribution in [-0.4, -0.2) is 25.0 Å². The van der Waals surface area contributed by atoms with Gasteiger partial charge in [0.25, 0.3) is 0 Å². The second-order valence-corrected chi connectivity index (χ2v) is 5.83. The number of piperidine rings is 1. The summed E-state index contributed by atoms with van der Waals surface area (Å²) >= 11 is 0. The molecule has 0 bridgehead atoms. The molecule has 1 heterocycles. The smallest absolute Gasteiger partial charge is 0.237 e. The maximum absolute atomic E-state index is 12.0. The fourth-order valence-corrected chi connectivity index (χ4v) is 2.38. The maximum Gasteiger partial charge on any atom is 0.237 e. The van der Waals surface area contributed by atoms with Crippen LogP contribution in [0.25, 0.3) is 0 Å². The van der Waals surface area contributed by atoms with Crippen molar-refractivity contribution in [2.24, 2.45) is 11.3 Å². The molecule has 1 amide bonds. The minimum Gasteiger partial charge on any atom is -0.354 e. The third-order valence-electron chi connectivity index (χ3n) is 4.20. The lowest BCUT2D eigenvalue weighted by atomic mass is 9.90. The summed E-state index contributed by atoms with van der Waals surface area (Å²) in [7, 11) is 0. The molecule has 16 heavy (non-hydrogen) atoms. The summed E-state index contributed by atoms with van der Waals surface area (Å²) < 4.78 is 0. The summed E-state index contributed by atoms with van der Waals surface area (Å²) in [4.78, 5) is 12.0. The number of nitrogens with one attached hydrogen (secondary N) is 2. The summed E-state index contributed by atoms with van der Waals surface area (Å²) in [6.45, 7) is 6.32. The highest BCUT2D eigenvalue weighted by Crippen LogP contribution is 2.44. The van der Waals surface area contributed by atoms with Gasteiger partial charge in [-0.25, -0.2) is 0 Å². The predicted octanol–water partition coefficient (Wildman–Crippen LogP) is 1.68. The zero-order valence-electron chi connectivity index (χ0n) is 10.5. The van der Waals surface area contributed by atoms with Gasteiger partial charge < -0.3 is 10.6 Å². The Balaban J connectivity index is 1.75. The highest BCUT2D eigenvalue weighted by atomic mass is 16.2. The van der Waals surface area contributed by atoms with Gasteiger partial charge in [-0.2, -0.15) is 0 Å². The van der Waals surface area contributed by atoms with E-state index in [-0.39, 0.29) is 11.9 Å². The Labute approximate surface area is 98.4 Å². The molecule has 2 fully saturated rings. The number of rotatable bonds is 4. The average molecular weight is 224 g/mol. The van der Waals surface area contributed by atoms with Gasteiger partial charge in [0.05, 0.1) is 6.04 Å². The zero-order chi connectivity index (χ0) is 11.6. The molecule has 1 saturated heterocycles. The van der Waals surface area contributed by atoms with Crippen molar-refractivity contribution in [1.82, 2.24) is 10.6 Å². The lowest BCUT2D eigenvalue weighted by molar-refractivity contribution is -0.124. The summed E-state index contributed by atoms with van der Waals surface area (Å²) in [5.41, 5.74) is 0.411. The quantitative estimate of drug-likeness (QED) is 0.763. The number of carbonyl (C=O) groups excluding carboxylic acids is 1. The first-order valence-corrected chi connectivity index (χ1v) is 6.64. The molecule has 0 spiro atoms. The van der Waals surface area contributed by atoms with Crippen LogP contribution in [-0.2, 0) is 4.79 Å². The van der Waals surface area contributed by atoms with Gasteiger partial charge in [-0.15, -0.1) is 0 Å². The molecular formula is C13H24N2O. The normalized spacial score (nSPS) is 32.1. The third-order valence-corrected chi connectivity index (χ3v) is 4.20. The Morgan fingerprint density at radius 1 is 1.50 bits per heavy atom. The van der Waals surface area contributed by atoms with Gasteiger partial charge in [-0.1, -0.05) is 20.3 Å². The molecule has 2 atom stereocenters. The van der Waals surface area contributed by atoms with E-state index in [0.717, 1.165) is 25.4 Å². The number of carbonyl (C=O) groups is 1. The maximum atomic E-state index is 12.0. The summed E-state index contributed by atoms with van der Waals surface area (Å²) in [5.74, 6) is 0.944. The van der Waals surface area contributed by atoms with Crippen molar-refractivity contribution >= 4 is 5.91 Å². The average Bonchev–Trinajstić information content (AvgIpc) is 3.05. The monoisotopic (exact) mass is 224 g/mol. The molecule has 92 valence electrons. The Bertz CT molecular complexity index is 261. The van der Waals surface area contributed by atoms with Gasteiger partial charge in [0.15, 0.2) is 0 Å². The van der Waals surface area contributed by atoms with Crippen molar-refractivity contribution < 1.29 is 4.79 Å². The van der Waals surface area contributed by atoms with E-state index in [9.17, 15) is 4.79 Å². The molecule has 3 heteroatoms. The Kier molecular flexibility index (Phi) is 3.53. The molecule has 3 nitrogen and oxygen atoms in total. The van der Waals surface area contributed by atoms with Crippen molar-refractivity contribution in [2.45, 2.75) is 52.0 Å². The van der Waals surface area contributed by atoms with Crippen LogP contribution in [0, 0.1) is 11.3 Å². The van der Waals surface area contributed by atoms with E-state index < -0.39 is 0 Å². The van der Waals surface area contributed by atoms with Crippen LogP contribution in [0.5, 0.6) is 0 Å². The van der Waals surface area contributed by atoms with Crippen molar-refractivity contribution in [3.63, 3.8) is 0 Å². The molecule has 0 aromatic carbocycles. The van der Waals surface area contributed by atoms with E-state index in [1.807, 2.05) is 0 Å². The number of hydrogen-bond donors (Lipinski definition) is 2. The molecule has 2 unspecified atom stereocenters. The molecule has 2 rings (SSSR count). The second-order valence-electron chi connectivity index (χ2n) is 5.83. The molecule has 0 radical (unpaired) electrons. The van der Waals surface area contributed by atoms with Crippen LogP contribution in [0.1, 0.15) is 46.0 Å². The molecule has 1 aliphatic heterocycles. The first-order valence-electron chi connectivity index (χ1n) is 6.64. The minimum atomic E-state index is 0.0565. The first-order chi connectivity index (χ1) is 7.63. The summed E-state index contributed by atoms with van der Waals surface area (Å²) in [6.07, 6.45) is 5.96. The highest BCUT2D eigenvalue weighted by molar-refractivity contribution is 5.81. The lowest BCUT2D eigenvalue weighted by Crippen LogP contribution is -2.49. The lowest BCUT2D eigenvalue weighted by Gasteiger charge is -2.29. The Morgan fingerprint density at radius 3 is 2.88 bits per heavy atom. The molecule has 1 aliphatic carbocycles. The molecule has 2 N–H and O–H groups in total. The van der Waals surface area contributed by atoms with Gasteiger partial charge in [-0.3, -0.25) is 4.79 Å². The Hall–Kier alpha value is -0.570. The summed E-state index contributed by atoms with van der Waals surface area (Å²) in [6, 6.07) is 0.0565. The predicted molar refractivity (Wildman–Crippen MR) is 65.2 cm³/mol. The van der Waals surface area contributed by atoms with Gasteiger partial charge >= 0.3 is 0 Å². The highest BCUT2D eigenvalue weighted by Gasteiger charge is 2.38. The molecule has 2 aliphatic rings. The number of amides is 1. The first kappa shape index (κ1) is 11.9. The van der Waals surface area contributed by atoms with Crippen LogP contribution in [0.4, 0.5) is 0 Å². The molecule has 1 saturated carbocycles. The Morgan fingerprint density at radius 2 is 2.25 bits per heavy atom. The van der Waals surface area contributed by atoms with Gasteiger partial charge in [0, 0.05) is 6.54 Å². The topological polar surface area (TPSA) is 41.1 Å². The zero-order valence-corrected chi connectivity index (χ0v) is 10.5. The van der Waals surface area contributed by atoms with Crippen molar-refractivity contribution in [1.29, 1.82) is 0 Å². The van der Waals surface area contributed by atoms with E-state index in [1.54, 1.807) is 0 Å². The summed E-state index contributed by atoms with van der Waals surface area (Å²) in [5, 5.41) is 6.43. The van der Waals surface area contributed by atoms with E-state index in [4.69, 9.17) is 0 Å². The van der Waals surface area contributed by atoms with Gasteiger partial charge in [0.1, 0.15) is 0 Å². The van der Waals surface area contributed by atoms with Crippen LogP contribution in [0.15, 0.2) is 0 Å². The minimum absolute atomic E-state index is 0.0565. The van der Waals surface area contributed by atoms with E-state index in [0.29, 0.717) is 5.41 Å². The molecular weight excluding hydrogens is 200 g/mol. The molecule has 0 aromatic heterocycles. The fourth-order valence-electron chi connectivity index (χ4n) is 2.38. The SMILES string of the molecule is CCC1CCNC(C(=O)NCC2(C)CC2)C1. The van der Waals surface area contributed by atoms with Gasteiger partial charge in [-0.05, 0) is 43.6 Å². The van der Waals surface area contributed by atoms with Crippen molar-refractivity contribution in [3.05, 3.63) is 0 Å². The largest absolute Gasteiger partial charge is 0.354 e. The van der Waals surface area contributed by atoms with Crippen LogP contribution >= 0.6 is 0 Å². The van der Waals surface area contributed by atoms with Crippen LogP contribution in [0.3, 0.4) is 0 Å². The van der Waals surface area contributed by atoms with Gasteiger partial charge in [0.2, 0.25) is 5.91 Å². The van der Waals surface area contributed by atoms with E-state index in [1.165, 1.54) is 25.7 Å². The number of hydrogen-bond acceptors (Lipinski definition) is 2. The second kappa shape index (κ2) is 4.74. The van der Waals surface area contributed by atoms with Crippen molar-refractivity contribution in [3.8, 4) is 0 Å².